The fourth-order valence-corrected chi connectivity index (χ4v) is 3.82. The van der Waals surface area contributed by atoms with E-state index in [-0.39, 0.29) is 23.1 Å². The van der Waals surface area contributed by atoms with Crippen LogP contribution in [0.15, 0.2) is 65.2 Å². The molecule has 4 N–H and O–H groups in total. The van der Waals surface area contributed by atoms with Crippen molar-refractivity contribution in [2.75, 3.05) is 11.5 Å². The second-order valence-electron chi connectivity index (χ2n) is 7.94. The molecule has 1 aliphatic carbocycles. The van der Waals surface area contributed by atoms with Crippen molar-refractivity contribution in [3.05, 3.63) is 82.9 Å². The molecule has 0 radical (unpaired) electrons. The summed E-state index contributed by atoms with van der Waals surface area (Å²) in [6.07, 6.45) is 9.07. The maximum Gasteiger partial charge on any atom is 0.267 e. The van der Waals surface area contributed by atoms with Gasteiger partial charge >= 0.3 is 0 Å². The third-order valence-electron chi connectivity index (χ3n) is 5.49. The number of aromatic nitrogens is 6. The smallest absolute Gasteiger partial charge is 0.267 e. The highest BCUT2D eigenvalue weighted by atomic mass is 35.5. The third-order valence-corrected chi connectivity index (χ3v) is 5.81. The topological polar surface area (TPSA) is 152 Å². The molecule has 0 spiro atoms. The van der Waals surface area contributed by atoms with Crippen LogP contribution < -0.4 is 17.0 Å². The molecule has 3 aromatic heterocycles. The summed E-state index contributed by atoms with van der Waals surface area (Å²) in [5, 5.41) is 4.70. The molecule has 0 bridgehead atoms. The van der Waals surface area contributed by atoms with Gasteiger partial charge in [0.2, 0.25) is 0 Å². The van der Waals surface area contributed by atoms with Gasteiger partial charge in [0.1, 0.15) is 29.4 Å². The SMILES string of the molecule is C=C/C=C(\C=C)n1c(CC)nc2cccc(Cl)c2c1=O.Nc1ncnc(N)c1-c1nc(C2CC2)no1. The van der Waals surface area contributed by atoms with E-state index in [1.165, 1.54) is 10.9 Å². The fourth-order valence-electron chi connectivity index (χ4n) is 3.57. The molecule has 4 aromatic rings. The van der Waals surface area contributed by atoms with Gasteiger partial charge in [-0.2, -0.15) is 4.98 Å². The van der Waals surface area contributed by atoms with Gasteiger partial charge in [-0.25, -0.2) is 15.0 Å². The van der Waals surface area contributed by atoms with Gasteiger partial charge in [-0.05, 0) is 37.1 Å². The van der Waals surface area contributed by atoms with Gasteiger partial charge in [-0.15, -0.1) is 0 Å². The van der Waals surface area contributed by atoms with Gasteiger partial charge < -0.3 is 16.0 Å². The number of hydrogen-bond donors (Lipinski definition) is 2. The summed E-state index contributed by atoms with van der Waals surface area (Å²) in [5.74, 6) is 2.58. The standard InChI is InChI=1S/C16H15ClN2O.C9H10N6O/c1-4-8-11(5-2)19-14(6-3)18-13-10-7-9-12(17)15(13)16(19)20;10-6-5(7(11)13-3-12-6)9-14-8(15-16-9)4-1-2-4/h4-5,7-10H,1-2,6H2,3H3;3-4H,1-2H2,(H4,10,11,12,13)/b11-8+;. The molecule has 0 saturated heterocycles. The van der Waals surface area contributed by atoms with Crippen molar-refractivity contribution in [2.24, 2.45) is 0 Å². The van der Waals surface area contributed by atoms with Crippen LogP contribution in [0.25, 0.3) is 28.1 Å². The molecule has 0 unspecified atom stereocenters. The molecular formula is C25H25ClN8O2. The van der Waals surface area contributed by atoms with Crippen LogP contribution in [0, 0.1) is 0 Å². The summed E-state index contributed by atoms with van der Waals surface area (Å²) in [6, 6.07) is 5.26. The van der Waals surface area contributed by atoms with Crippen LogP contribution in [-0.2, 0) is 6.42 Å². The van der Waals surface area contributed by atoms with Crippen LogP contribution in [0.3, 0.4) is 0 Å². The van der Waals surface area contributed by atoms with Crippen LogP contribution in [0.5, 0.6) is 0 Å². The highest BCUT2D eigenvalue weighted by Crippen LogP contribution is 2.39. The zero-order valence-corrected chi connectivity index (χ0v) is 20.4. The van der Waals surface area contributed by atoms with E-state index in [2.05, 4.69) is 38.3 Å². The van der Waals surface area contributed by atoms with E-state index in [1.807, 2.05) is 6.92 Å². The molecule has 1 aromatic carbocycles. The zero-order chi connectivity index (χ0) is 25.8. The van der Waals surface area contributed by atoms with Crippen molar-refractivity contribution < 1.29 is 4.52 Å². The Labute approximate surface area is 212 Å². The Hall–Kier alpha value is -4.31. The highest BCUT2D eigenvalue weighted by Gasteiger charge is 2.29. The largest absolute Gasteiger partial charge is 0.383 e. The quantitative estimate of drug-likeness (QED) is 0.364. The van der Waals surface area contributed by atoms with Gasteiger partial charge in [0.25, 0.3) is 11.4 Å². The Morgan fingerprint density at radius 2 is 1.94 bits per heavy atom. The van der Waals surface area contributed by atoms with E-state index < -0.39 is 0 Å². The first-order chi connectivity index (χ1) is 17.4. The average molecular weight is 505 g/mol. The van der Waals surface area contributed by atoms with Gasteiger partial charge in [0, 0.05) is 18.0 Å². The van der Waals surface area contributed by atoms with Crippen LogP contribution in [0.4, 0.5) is 11.6 Å². The Morgan fingerprint density at radius 3 is 2.56 bits per heavy atom. The molecule has 5 rings (SSSR count). The first kappa shape index (κ1) is 24.8. The summed E-state index contributed by atoms with van der Waals surface area (Å²) >= 11 is 6.14. The number of nitrogens with two attached hydrogens (primary N) is 2. The van der Waals surface area contributed by atoms with E-state index in [1.54, 1.807) is 36.4 Å². The number of benzene rings is 1. The Morgan fingerprint density at radius 1 is 1.22 bits per heavy atom. The van der Waals surface area contributed by atoms with E-state index in [9.17, 15) is 4.79 Å². The fraction of sp³-hybridized carbons (Fsp3) is 0.200. The predicted molar refractivity (Wildman–Crippen MR) is 141 cm³/mol. The summed E-state index contributed by atoms with van der Waals surface area (Å²) in [4.78, 5) is 29.2. The minimum absolute atomic E-state index is 0.189. The summed E-state index contributed by atoms with van der Waals surface area (Å²) in [6.45, 7) is 9.34. The summed E-state index contributed by atoms with van der Waals surface area (Å²) in [5.41, 5.74) is 12.9. The van der Waals surface area contributed by atoms with Gasteiger partial charge in [-0.1, -0.05) is 49.0 Å². The van der Waals surface area contributed by atoms with Crippen LogP contribution in [0.1, 0.15) is 37.3 Å². The first-order valence-electron chi connectivity index (χ1n) is 11.2. The predicted octanol–water partition coefficient (Wildman–Crippen LogP) is 4.39. The van der Waals surface area contributed by atoms with E-state index in [0.29, 0.717) is 51.2 Å². The van der Waals surface area contributed by atoms with Crippen molar-refractivity contribution in [3.63, 3.8) is 0 Å². The number of rotatable bonds is 6. The molecule has 10 nitrogen and oxygen atoms in total. The number of halogens is 1. The minimum Gasteiger partial charge on any atom is -0.383 e. The normalized spacial score (nSPS) is 13.2. The molecule has 3 heterocycles. The van der Waals surface area contributed by atoms with Crippen molar-refractivity contribution >= 4 is 39.8 Å². The molecule has 1 aliphatic rings. The number of nitrogen functional groups attached to an aromatic ring is 2. The van der Waals surface area contributed by atoms with Gasteiger partial charge in [0.15, 0.2) is 5.82 Å². The Balaban J connectivity index is 0.000000173. The number of allylic oxidation sites excluding steroid dienone is 4. The molecule has 0 aliphatic heterocycles. The third kappa shape index (κ3) is 4.89. The van der Waals surface area contributed by atoms with Crippen molar-refractivity contribution in [1.29, 1.82) is 0 Å². The molecule has 36 heavy (non-hydrogen) atoms. The lowest BCUT2D eigenvalue weighted by Crippen LogP contribution is -2.24. The number of hydrogen-bond acceptors (Lipinski definition) is 9. The maximum atomic E-state index is 12.7. The molecular weight excluding hydrogens is 480 g/mol. The second kappa shape index (κ2) is 10.5. The monoisotopic (exact) mass is 504 g/mol. The maximum absolute atomic E-state index is 12.7. The average Bonchev–Trinajstić information content (AvgIpc) is 3.60. The molecule has 1 fully saturated rings. The number of anilines is 2. The lowest BCUT2D eigenvalue weighted by molar-refractivity contribution is 0.423. The summed E-state index contributed by atoms with van der Waals surface area (Å²) < 4.78 is 6.64. The van der Waals surface area contributed by atoms with Crippen molar-refractivity contribution in [1.82, 2.24) is 29.7 Å². The number of aryl methyl sites for hydroxylation is 1. The number of nitrogens with zero attached hydrogens (tertiary/aromatic N) is 6. The molecule has 0 atom stereocenters. The van der Waals surface area contributed by atoms with E-state index >= 15 is 0 Å². The van der Waals surface area contributed by atoms with Crippen LogP contribution >= 0.6 is 11.6 Å². The molecule has 1 saturated carbocycles. The van der Waals surface area contributed by atoms with Gasteiger partial charge in [-0.3, -0.25) is 9.36 Å². The number of fused-ring (bicyclic) bond motifs is 1. The molecule has 0 amide bonds. The van der Waals surface area contributed by atoms with Crippen molar-refractivity contribution in [3.8, 4) is 11.5 Å². The Kier molecular flexibility index (Phi) is 7.25. The zero-order valence-electron chi connectivity index (χ0n) is 19.7. The lowest BCUT2D eigenvalue weighted by atomic mass is 10.2. The van der Waals surface area contributed by atoms with Gasteiger partial charge in [0.05, 0.1) is 15.9 Å². The first-order valence-corrected chi connectivity index (χ1v) is 11.6. The lowest BCUT2D eigenvalue weighted by Gasteiger charge is -2.13. The molecule has 11 heteroatoms. The van der Waals surface area contributed by atoms with Crippen LogP contribution in [0.2, 0.25) is 5.02 Å². The molecule has 184 valence electrons. The van der Waals surface area contributed by atoms with E-state index in [4.69, 9.17) is 27.6 Å². The Bertz CT molecular complexity index is 1510. The second-order valence-corrected chi connectivity index (χ2v) is 8.35. The van der Waals surface area contributed by atoms with Crippen molar-refractivity contribution in [2.45, 2.75) is 32.1 Å². The van der Waals surface area contributed by atoms with E-state index in [0.717, 1.165) is 12.8 Å². The van der Waals surface area contributed by atoms with Crippen LogP contribution in [-0.4, -0.2) is 29.7 Å². The minimum atomic E-state index is -0.189. The highest BCUT2D eigenvalue weighted by molar-refractivity contribution is 6.35. The summed E-state index contributed by atoms with van der Waals surface area (Å²) in [7, 11) is 0.